The summed E-state index contributed by atoms with van der Waals surface area (Å²) < 4.78 is 0. The van der Waals surface area contributed by atoms with Gasteiger partial charge in [-0.15, -0.1) is 0 Å². The highest BCUT2D eigenvalue weighted by atomic mass is 16.4. The van der Waals surface area contributed by atoms with Crippen LogP contribution in [0.5, 0.6) is 0 Å². The number of nitrogens with two attached hydrogens (primary N) is 1. The first-order chi connectivity index (χ1) is 9.04. The van der Waals surface area contributed by atoms with Gasteiger partial charge in [-0.2, -0.15) is 0 Å². The molecule has 0 heterocycles. The van der Waals surface area contributed by atoms with Crippen molar-refractivity contribution in [2.45, 2.75) is 65.5 Å². The van der Waals surface area contributed by atoms with Crippen LogP contribution in [0.2, 0.25) is 0 Å². The predicted octanol–water partition coefficient (Wildman–Crippen LogP) is 1.76. The minimum absolute atomic E-state index is 0.0116. The fourth-order valence-electron chi connectivity index (χ4n) is 2.94. The van der Waals surface area contributed by atoms with E-state index in [1.54, 1.807) is 6.92 Å². The van der Waals surface area contributed by atoms with Gasteiger partial charge < -0.3 is 16.2 Å². The molecule has 20 heavy (non-hydrogen) atoms. The number of hydrogen-bond acceptors (Lipinski definition) is 3. The largest absolute Gasteiger partial charge is 0.481 e. The number of carboxylic acid groups (broad SMARTS) is 1. The Balaban J connectivity index is 2.81. The van der Waals surface area contributed by atoms with Gasteiger partial charge in [-0.05, 0) is 37.5 Å². The smallest absolute Gasteiger partial charge is 0.307 e. The van der Waals surface area contributed by atoms with Crippen LogP contribution in [0.3, 0.4) is 0 Å². The van der Waals surface area contributed by atoms with Crippen molar-refractivity contribution in [1.82, 2.24) is 5.32 Å². The van der Waals surface area contributed by atoms with Crippen molar-refractivity contribution in [3.63, 3.8) is 0 Å². The number of hydrogen-bond donors (Lipinski definition) is 3. The SMILES string of the molecule is CCC(C)(N)C(=O)NC1CCC(C(=O)O)C(C)(C)C1C. The average Bonchev–Trinajstić information content (AvgIpc) is 2.34. The highest BCUT2D eigenvalue weighted by Crippen LogP contribution is 2.45. The van der Waals surface area contributed by atoms with Crippen LogP contribution >= 0.6 is 0 Å². The summed E-state index contributed by atoms with van der Waals surface area (Å²) in [5.41, 5.74) is 4.74. The summed E-state index contributed by atoms with van der Waals surface area (Å²) in [4.78, 5) is 23.5. The molecule has 1 fully saturated rings. The summed E-state index contributed by atoms with van der Waals surface area (Å²) in [6.07, 6.45) is 1.85. The predicted molar refractivity (Wildman–Crippen MR) is 78.1 cm³/mol. The Morgan fingerprint density at radius 2 is 1.95 bits per heavy atom. The lowest BCUT2D eigenvalue weighted by Gasteiger charge is -2.46. The van der Waals surface area contributed by atoms with Gasteiger partial charge in [0.1, 0.15) is 0 Å². The average molecular weight is 284 g/mol. The molecule has 0 bridgehead atoms. The van der Waals surface area contributed by atoms with E-state index >= 15 is 0 Å². The second kappa shape index (κ2) is 5.72. The molecule has 1 rings (SSSR count). The maximum Gasteiger partial charge on any atom is 0.307 e. The van der Waals surface area contributed by atoms with Crippen molar-refractivity contribution in [1.29, 1.82) is 0 Å². The molecular formula is C15H28N2O3. The lowest BCUT2D eigenvalue weighted by Crippen LogP contribution is -2.58. The fraction of sp³-hybridized carbons (Fsp3) is 0.867. The van der Waals surface area contributed by atoms with Gasteiger partial charge in [-0.1, -0.05) is 27.7 Å². The molecule has 0 radical (unpaired) electrons. The maximum atomic E-state index is 12.2. The molecule has 4 atom stereocenters. The Morgan fingerprint density at radius 1 is 1.40 bits per heavy atom. The van der Waals surface area contributed by atoms with Crippen LogP contribution in [-0.4, -0.2) is 28.6 Å². The van der Waals surface area contributed by atoms with E-state index in [9.17, 15) is 14.7 Å². The van der Waals surface area contributed by atoms with Crippen molar-refractivity contribution in [2.24, 2.45) is 23.0 Å². The summed E-state index contributed by atoms with van der Waals surface area (Å²) in [6.45, 7) is 9.56. The Bertz CT molecular complexity index is 391. The van der Waals surface area contributed by atoms with Gasteiger partial charge in [0.15, 0.2) is 0 Å². The first-order valence-electron chi connectivity index (χ1n) is 7.36. The Kier molecular flexibility index (Phi) is 4.85. The van der Waals surface area contributed by atoms with Gasteiger partial charge in [-0.25, -0.2) is 0 Å². The van der Waals surface area contributed by atoms with Gasteiger partial charge in [-0.3, -0.25) is 9.59 Å². The van der Waals surface area contributed by atoms with Crippen LogP contribution < -0.4 is 11.1 Å². The molecule has 5 heteroatoms. The lowest BCUT2D eigenvalue weighted by molar-refractivity contribution is -0.150. The zero-order valence-corrected chi connectivity index (χ0v) is 13.2. The number of aliphatic carboxylic acids is 1. The van der Waals surface area contributed by atoms with Crippen LogP contribution in [0.15, 0.2) is 0 Å². The molecule has 0 aromatic rings. The third-order valence-electron chi connectivity index (χ3n) is 5.31. The Labute approximate surface area is 121 Å². The van der Waals surface area contributed by atoms with Crippen LogP contribution in [0.4, 0.5) is 0 Å². The fourth-order valence-corrected chi connectivity index (χ4v) is 2.94. The molecule has 0 aromatic carbocycles. The molecule has 1 saturated carbocycles. The number of rotatable bonds is 4. The first kappa shape index (κ1) is 17.0. The summed E-state index contributed by atoms with van der Waals surface area (Å²) in [5, 5.41) is 12.3. The number of nitrogens with one attached hydrogen (secondary N) is 1. The van der Waals surface area contributed by atoms with Gasteiger partial charge in [0.25, 0.3) is 0 Å². The van der Waals surface area contributed by atoms with Crippen molar-refractivity contribution in [3.8, 4) is 0 Å². The topological polar surface area (TPSA) is 92.4 Å². The molecule has 0 spiro atoms. The molecule has 0 aliphatic heterocycles. The van der Waals surface area contributed by atoms with Crippen LogP contribution in [-0.2, 0) is 9.59 Å². The van der Waals surface area contributed by atoms with E-state index in [4.69, 9.17) is 5.73 Å². The Morgan fingerprint density at radius 3 is 2.40 bits per heavy atom. The van der Waals surface area contributed by atoms with Gasteiger partial charge in [0, 0.05) is 6.04 Å². The molecule has 0 saturated heterocycles. The van der Waals surface area contributed by atoms with Gasteiger partial charge in [0.2, 0.25) is 5.91 Å². The molecule has 116 valence electrons. The van der Waals surface area contributed by atoms with E-state index in [-0.39, 0.29) is 29.2 Å². The Hall–Kier alpha value is -1.10. The standard InChI is InChI=1S/C15H28N2O3/c1-6-15(5,16)13(20)17-11-8-7-10(12(18)19)14(3,4)9(11)2/h9-11H,6-8,16H2,1-5H3,(H,17,20)(H,18,19). The third kappa shape index (κ3) is 3.14. The van der Waals surface area contributed by atoms with E-state index in [2.05, 4.69) is 5.32 Å². The maximum absolute atomic E-state index is 12.2. The monoisotopic (exact) mass is 284 g/mol. The summed E-state index contributed by atoms with van der Waals surface area (Å²) in [5.74, 6) is -1.17. The molecule has 1 aliphatic rings. The van der Waals surface area contributed by atoms with Crippen LogP contribution in [0.25, 0.3) is 0 Å². The summed E-state index contributed by atoms with van der Waals surface area (Å²) in [7, 11) is 0. The van der Waals surface area contributed by atoms with Crippen molar-refractivity contribution in [2.75, 3.05) is 0 Å². The first-order valence-corrected chi connectivity index (χ1v) is 7.36. The highest BCUT2D eigenvalue weighted by Gasteiger charge is 2.47. The van der Waals surface area contributed by atoms with Crippen molar-refractivity contribution < 1.29 is 14.7 Å². The minimum Gasteiger partial charge on any atom is -0.481 e. The molecular weight excluding hydrogens is 256 g/mol. The van der Waals surface area contributed by atoms with E-state index in [0.717, 1.165) is 0 Å². The lowest BCUT2D eigenvalue weighted by atomic mass is 9.61. The third-order valence-corrected chi connectivity index (χ3v) is 5.31. The zero-order chi connectivity index (χ0) is 15.7. The molecule has 0 aromatic heterocycles. The van der Waals surface area contributed by atoms with Crippen LogP contribution in [0, 0.1) is 17.3 Å². The molecule has 4 unspecified atom stereocenters. The molecule has 5 nitrogen and oxygen atoms in total. The zero-order valence-electron chi connectivity index (χ0n) is 13.2. The summed E-state index contributed by atoms with van der Waals surface area (Å²) in [6, 6.07) is -0.0116. The minimum atomic E-state index is -0.868. The molecule has 1 aliphatic carbocycles. The number of carboxylic acids is 1. The van der Waals surface area contributed by atoms with Crippen LogP contribution in [0.1, 0.15) is 53.9 Å². The molecule has 4 N–H and O–H groups in total. The van der Waals surface area contributed by atoms with Gasteiger partial charge in [0.05, 0.1) is 11.5 Å². The van der Waals surface area contributed by atoms with Crippen molar-refractivity contribution >= 4 is 11.9 Å². The number of carbonyl (C=O) groups excluding carboxylic acids is 1. The quantitative estimate of drug-likeness (QED) is 0.733. The molecule has 1 amide bonds. The van der Waals surface area contributed by atoms with E-state index in [1.807, 2.05) is 27.7 Å². The highest BCUT2D eigenvalue weighted by molar-refractivity contribution is 5.85. The number of amides is 1. The summed E-state index contributed by atoms with van der Waals surface area (Å²) >= 11 is 0. The second-order valence-electron chi connectivity index (χ2n) is 6.93. The van der Waals surface area contributed by atoms with Crippen molar-refractivity contribution in [3.05, 3.63) is 0 Å². The van der Waals surface area contributed by atoms with E-state index < -0.39 is 11.5 Å². The van der Waals surface area contributed by atoms with E-state index in [1.165, 1.54) is 0 Å². The van der Waals surface area contributed by atoms with E-state index in [0.29, 0.717) is 19.3 Å². The number of carbonyl (C=O) groups is 2. The second-order valence-corrected chi connectivity index (χ2v) is 6.93. The normalized spacial score (nSPS) is 32.2. The van der Waals surface area contributed by atoms with Gasteiger partial charge >= 0.3 is 5.97 Å².